The topological polar surface area (TPSA) is 6.48 Å². The number of halogens is 2. The molecule has 3 aliphatic carbocycles. The van der Waals surface area contributed by atoms with Crippen LogP contribution >= 0.6 is 27.3 Å². The summed E-state index contributed by atoms with van der Waals surface area (Å²) in [6, 6.07) is 9.63. The van der Waals surface area contributed by atoms with Gasteiger partial charge in [0.05, 0.1) is 0 Å². The van der Waals surface area contributed by atoms with Crippen molar-refractivity contribution < 1.29 is 15.1 Å². The first-order chi connectivity index (χ1) is 24.0. The summed E-state index contributed by atoms with van der Waals surface area (Å²) in [4.78, 5) is 5.53. The molecule has 0 aromatic heterocycles. The Morgan fingerprint density at radius 2 is 1.08 bits per heavy atom. The molecule has 1 aliphatic heterocycles. The van der Waals surface area contributed by atoms with Gasteiger partial charge >= 0.3 is 34.5 Å². The van der Waals surface area contributed by atoms with E-state index in [0.29, 0.717) is 0 Å². The Bertz CT molecular complexity index is 1430. The summed E-state index contributed by atoms with van der Waals surface area (Å²) in [6.45, 7) is 20.5. The Morgan fingerprint density at radius 1 is 0.660 bits per heavy atom. The molecule has 6 rings (SSSR count). The van der Waals surface area contributed by atoms with Crippen LogP contribution in [0.3, 0.4) is 0 Å². The van der Waals surface area contributed by atoms with E-state index >= 15 is 0 Å². The minimum atomic E-state index is -0.346. The second-order valence-corrected chi connectivity index (χ2v) is 21.6. The summed E-state index contributed by atoms with van der Waals surface area (Å²) < 4.78 is 0. The van der Waals surface area contributed by atoms with Gasteiger partial charge in [-0.05, 0) is 145 Å². The number of hydrogen-bond acceptors (Lipinski definition) is 2. The Balaban J connectivity index is 0.00000156. The molecule has 1 atom stereocenters. The summed E-state index contributed by atoms with van der Waals surface area (Å²) in [5.41, 5.74) is 18.7. The molecular formula is C44H63Cl2N2PRu. The van der Waals surface area contributed by atoms with Crippen molar-refractivity contribution in [3.63, 3.8) is 0 Å². The van der Waals surface area contributed by atoms with Crippen molar-refractivity contribution in [2.75, 3.05) is 22.9 Å². The summed E-state index contributed by atoms with van der Waals surface area (Å²) in [7, 11) is 9.64. The summed E-state index contributed by atoms with van der Waals surface area (Å²) in [6.07, 6.45) is 23.7. The second-order valence-electron chi connectivity index (χ2n) is 16.0. The molecule has 0 amide bonds. The molecule has 0 radical (unpaired) electrons. The van der Waals surface area contributed by atoms with E-state index < -0.39 is 0 Å². The van der Waals surface area contributed by atoms with Gasteiger partial charge in [0.1, 0.15) is 5.82 Å². The molecule has 4 aliphatic rings. The van der Waals surface area contributed by atoms with Gasteiger partial charge in [-0.2, -0.15) is 0 Å². The van der Waals surface area contributed by atoms with Gasteiger partial charge in [0.15, 0.2) is 0 Å². The van der Waals surface area contributed by atoms with Crippen molar-refractivity contribution in [3.8, 4) is 0 Å². The molecule has 1 unspecified atom stereocenters. The SMILES string of the molecule is CC(C)=CC=C1C(=C2N(c3c(C)cc(C)cc3C)CCN2c2c(C)cc(C)cc2C)CCCC1P(C1CCCCC1)C1CCCCC1.[Cl][Ru][Cl]. The number of rotatable bonds is 6. The number of benzene rings is 2. The van der Waals surface area contributed by atoms with Crippen LogP contribution in [-0.4, -0.2) is 30.1 Å². The minimum absolute atomic E-state index is 0.0656. The Labute approximate surface area is 323 Å². The van der Waals surface area contributed by atoms with Crippen molar-refractivity contribution in [1.29, 1.82) is 0 Å². The standard InChI is InChI=1S/C44H63N2P.2ClH.Ru/c1-30(2)22-23-39-40(20-15-21-41(39)47(37-16-11-9-12-17-37)38-18-13-10-14-19-38)44-45(42-33(5)26-31(3)27-34(42)6)24-25-46(44)43-35(7)28-32(4)29-36(43)8;;;/h22-23,26-29,37-38,41H,9-21,24-25H2,1-8H3;2*1H;/q;;;+2/p-2. The monoisotopic (exact) mass is 822 g/mol. The molecule has 0 N–H and O–H groups in total. The Hall–Kier alpha value is -1.11. The zero-order chi connectivity index (χ0) is 35.9. The van der Waals surface area contributed by atoms with Gasteiger partial charge in [-0.15, -0.1) is 0 Å². The summed E-state index contributed by atoms with van der Waals surface area (Å²) in [5.74, 6) is 1.50. The van der Waals surface area contributed by atoms with Crippen LogP contribution < -0.4 is 9.80 Å². The van der Waals surface area contributed by atoms with Crippen LogP contribution in [0.2, 0.25) is 0 Å². The molecule has 50 heavy (non-hydrogen) atoms. The number of anilines is 2. The first kappa shape index (κ1) is 40.1. The van der Waals surface area contributed by atoms with Gasteiger partial charge in [0, 0.05) is 30.1 Å². The van der Waals surface area contributed by atoms with E-state index in [0.717, 1.165) is 30.1 Å². The maximum absolute atomic E-state index is 4.85. The maximum atomic E-state index is 4.85. The summed E-state index contributed by atoms with van der Waals surface area (Å²) >= 11 is -0.346. The van der Waals surface area contributed by atoms with Crippen LogP contribution in [0.4, 0.5) is 11.4 Å². The molecule has 6 heteroatoms. The van der Waals surface area contributed by atoms with Crippen LogP contribution in [0, 0.1) is 41.5 Å². The van der Waals surface area contributed by atoms with Gasteiger partial charge in [0.25, 0.3) is 0 Å². The van der Waals surface area contributed by atoms with E-state index in [1.165, 1.54) is 140 Å². The predicted molar refractivity (Wildman–Crippen MR) is 221 cm³/mol. The quantitative estimate of drug-likeness (QED) is 0.212. The molecule has 2 aromatic carbocycles. The van der Waals surface area contributed by atoms with E-state index in [2.05, 4.69) is 102 Å². The molecule has 3 saturated carbocycles. The second kappa shape index (κ2) is 18.8. The van der Waals surface area contributed by atoms with Crippen molar-refractivity contribution in [2.45, 2.75) is 156 Å². The number of allylic oxidation sites excluding steroid dienone is 5. The molecule has 1 heterocycles. The Morgan fingerprint density at radius 3 is 1.48 bits per heavy atom. The third-order valence-electron chi connectivity index (χ3n) is 11.7. The van der Waals surface area contributed by atoms with Crippen LogP contribution in [0.5, 0.6) is 0 Å². The summed E-state index contributed by atoms with van der Waals surface area (Å²) in [5, 5.41) is 0. The number of aryl methyl sites for hydroxylation is 6. The molecule has 0 bridgehead atoms. The fraction of sp³-hybridized carbons (Fsp3) is 0.591. The normalized spacial score (nSPS) is 21.7. The molecule has 4 fully saturated rings. The molecule has 2 nitrogen and oxygen atoms in total. The molecular weight excluding hydrogens is 759 g/mol. The molecule has 1 saturated heterocycles. The fourth-order valence-electron chi connectivity index (χ4n) is 10.1. The number of hydrogen-bond donors (Lipinski definition) is 0. The fourth-order valence-corrected chi connectivity index (χ4v) is 14.7. The van der Waals surface area contributed by atoms with Crippen LogP contribution in [0.1, 0.15) is 131 Å². The van der Waals surface area contributed by atoms with E-state index in [-0.39, 0.29) is 23.1 Å². The van der Waals surface area contributed by atoms with Crippen molar-refractivity contribution >= 4 is 38.7 Å². The zero-order valence-corrected chi connectivity index (χ0v) is 36.4. The van der Waals surface area contributed by atoms with Gasteiger partial charge in [-0.1, -0.05) is 99.6 Å². The van der Waals surface area contributed by atoms with Gasteiger partial charge < -0.3 is 9.80 Å². The molecule has 2 aromatic rings. The van der Waals surface area contributed by atoms with Crippen LogP contribution in [0.25, 0.3) is 0 Å². The molecule has 0 spiro atoms. The van der Waals surface area contributed by atoms with E-state index in [1.807, 2.05) is 0 Å². The van der Waals surface area contributed by atoms with E-state index in [9.17, 15) is 0 Å². The van der Waals surface area contributed by atoms with Crippen LogP contribution in [-0.2, 0) is 15.1 Å². The van der Waals surface area contributed by atoms with Gasteiger partial charge in [0.2, 0.25) is 0 Å². The number of nitrogens with zero attached hydrogens (tertiary/aromatic N) is 2. The Kier molecular flexibility index (Phi) is 15.1. The first-order valence-corrected chi connectivity index (χ1v) is 25.5. The van der Waals surface area contributed by atoms with Crippen LogP contribution in [0.15, 0.2) is 59.0 Å². The van der Waals surface area contributed by atoms with Gasteiger partial charge in [-0.3, -0.25) is 0 Å². The predicted octanol–water partition coefficient (Wildman–Crippen LogP) is 14.0. The van der Waals surface area contributed by atoms with Crippen molar-refractivity contribution in [2.24, 2.45) is 0 Å². The van der Waals surface area contributed by atoms with E-state index in [1.54, 1.807) is 11.1 Å². The average Bonchev–Trinajstić information content (AvgIpc) is 3.48. The molecule has 276 valence electrons. The zero-order valence-electron chi connectivity index (χ0n) is 32.3. The van der Waals surface area contributed by atoms with Crippen molar-refractivity contribution in [3.05, 3.63) is 92.3 Å². The van der Waals surface area contributed by atoms with Crippen molar-refractivity contribution in [1.82, 2.24) is 0 Å². The van der Waals surface area contributed by atoms with E-state index in [4.69, 9.17) is 19.4 Å². The third-order valence-corrected chi connectivity index (χ3v) is 15.7. The third kappa shape index (κ3) is 9.33. The first-order valence-electron chi connectivity index (χ1n) is 19.5. The van der Waals surface area contributed by atoms with Gasteiger partial charge in [-0.25, -0.2) is 0 Å². The average molecular weight is 823 g/mol.